The molecule has 2 aromatic rings. The van der Waals surface area contributed by atoms with Crippen LogP contribution < -0.4 is 0 Å². The van der Waals surface area contributed by atoms with E-state index in [2.05, 4.69) is 25.8 Å². The Hall–Kier alpha value is -1.04. The highest BCUT2D eigenvalue weighted by Gasteiger charge is 2.16. The second kappa shape index (κ2) is 7.11. The van der Waals surface area contributed by atoms with Gasteiger partial charge < -0.3 is 20.1 Å². The van der Waals surface area contributed by atoms with Gasteiger partial charge in [-0.05, 0) is 66.0 Å². The van der Waals surface area contributed by atoms with Gasteiger partial charge in [0, 0.05) is 19.0 Å². The minimum absolute atomic E-state index is 0.367. The third-order valence-corrected chi connectivity index (χ3v) is 4.41. The van der Waals surface area contributed by atoms with Gasteiger partial charge in [-0.15, -0.1) is 0 Å². The number of hydrogen-bond acceptors (Lipinski definition) is 3. The number of fused-ring (bicyclic) bond motifs is 1. The van der Waals surface area contributed by atoms with E-state index < -0.39 is 0 Å². The zero-order chi connectivity index (χ0) is 14.5. The summed E-state index contributed by atoms with van der Waals surface area (Å²) in [5, 5.41) is 18.0. The molecule has 1 fully saturated rings. The first-order valence-electron chi connectivity index (χ1n) is 6.91. The number of likely N-dealkylation sites (tertiary alicyclic amines) is 1. The maximum atomic E-state index is 10.0. The van der Waals surface area contributed by atoms with Crippen molar-refractivity contribution >= 4 is 26.8 Å². The molecule has 110 valence electrons. The van der Waals surface area contributed by atoms with E-state index in [-0.39, 0.29) is 0 Å². The first kappa shape index (κ1) is 15.4. The van der Waals surface area contributed by atoms with Crippen LogP contribution in [0.1, 0.15) is 18.4 Å². The summed E-state index contributed by atoms with van der Waals surface area (Å²) in [6.07, 6.45) is 3.61. The van der Waals surface area contributed by atoms with Gasteiger partial charge in [-0.2, -0.15) is 0 Å². The number of aliphatic hydroxyl groups excluding tert-OH is 1. The number of rotatable bonds is 3. The standard InChI is InChI=1S/C14H17BrN2O.CH4O/c15-14-10(6-9-17-7-1-2-8-17)13-11(16-14)4-3-5-12(13)18;1-2/h3-5,16,18H,1-2,6-9H2;2H,1H3. The van der Waals surface area contributed by atoms with Gasteiger partial charge in [0.15, 0.2) is 0 Å². The minimum atomic E-state index is 0.367. The van der Waals surface area contributed by atoms with Crippen LogP contribution in [0.3, 0.4) is 0 Å². The van der Waals surface area contributed by atoms with Gasteiger partial charge >= 0.3 is 0 Å². The van der Waals surface area contributed by atoms with Crippen LogP contribution >= 0.6 is 15.9 Å². The Morgan fingerprint density at radius 1 is 1.25 bits per heavy atom. The molecule has 1 aromatic heterocycles. The molecule has 1 aliphatic heterocycles. The summed E-state index contributed by atoms with van der Waals surface area (Å²) in [7, 11) is 1.00. The number of aliphatic hydroxyl groups is 1. The summed E-state index contributed by atoms with van der Waals surface area (Å²) in [6.45, 7) is 3.50. The van der Waals surface area contributed by atoms with Crippen molar-refractivity contribution in [3.8, 4) is 5.75 Å². The number of aromatic nitrogens is 1. The van der Waals surface area contributed by atoms with Crippen LogP contribution in [0.2, 0.25) is 0 Å². The fraction of sp³-hybridized carbons (Fsp3) is 0.467. The predicted molar refractivity (Wildman–Crippen MR) is 85.2 cm³/mol. The smallest absolute Gasteiger partial charge is 0.125 e. The number of benzene rings is 1. The normalized spacial score (nSPS) is 15.3. The largest absolute Gasteiger partial charge is 0.507 e. The number of phenols is 1. The summed E-state index contributed by atoms with van der Waals surface area (Å²) in [6, 6.07) is 5.62. The number of halogens is 1. The zero-order valence-corrected chi connectivity index (χ0v) is 13.3. The Morgan fingerprint density at radius 2 is 1.95 bits per heavy atom. The molecule has 0 spiro atoms. The fourth-order valence-electron chi connectivity index (χ4n) is 2.78. The Labute approximate surface area is 127 Å². The Bertz CT molecular complexity index is 562. The van der Waals surface area contributed by atoms with Gasteiger partial charge in [-0.3, -0.25) is 0 Å². The van der Waals surface area contributed by atoms with Crippen molar-refractivity contribution in [2.45, 2.75) is 19.3 Å². The average Bonchev–Trinajstić information content (AvgIpc) is 3.07. The molecule has 0 aliphatic carbocycles. The highest BCUT2D eigenvalue weighted by Crippen LogP contribution is 2.33. The molecule has 0 unspecified atom stereocenters. The molecule has 3 N–H and O–H groups in total. The zero-order valence-electron chi connectivity index (χ0n) is 11.7. The monoisotopic (exact) mass is 340 g/mol. The van der Waals surface area contributed by atoms with Crippen molar-refractivity contribution in [2.75, 3.05) is 26.7 Å². The van der Waals surface area contributed by atoms with E-state index in [4.69, 9.17) is 5.11 Å². The molecule has 3 rings (SSSR count). The number of H-pyrrole nitrogens is 1. The molecule has 0 atom stereocenters. The highest BCUT2D eigenvalue weighted by molar-refractivity contribution is 9.10. The van der Waals surface area contributed by atoms with Crippen LogP contribution in [0.25, 0.3) is 10.9 Å². The first-order valence-corrected chi connectivity index (χ1v) is 7.70. The van der Waals surface area contributed by atoms with Gasteiger partial charge in [0.25, 0.3) is 0 Å². The lowest BCUT2D eigenvalue weighted by atomic mass is 10.1. The van der Waals surface area contributed by atoms with E-state index >= 15 is 0 Å². The van der Waals surface area contributed by atoms with Crippen LogP contribution in [0.4, 0.5) is 0 Å². The molecule has 0 bridgehead atoms. The van der Waals surface area contributed by atoms with E-state index in [9.17, 15) is 5.11 Å². The van der Waals surface area contributed by atoms with E-state index in [1.54, 1.807) is 6.07 Å². The van der Waals surface area contributed by atoms with Gasteiger partial charge in [-0.1, -0.05) is 6.07 Å². The quantitative estimate of drug-likeness (QED) is 0.805. The summed E-state index contributed by atoms with van der Waals surface area (Å²) < 4.78 is 0.998. The Kier molecular flexibility index (Phi) is 5.46. The third-order valence-electron chi connectivity index (χ3n) is 3.73. The predicted octanol–water partition coefficient (Wildman–Crippen LogP) is 2.88. The Balaban J connectivity index is 0.000000704. The van der Waals surface area contributed by atoms with Crippen molar-refractivity contribution in [3.05, 3.63) is 28.4 Å². The SMILES string of the molecule is CO.Oc1cccc2[nH]c(Br)c(CCN3CCCC3)c12. The molecule has 0 amide bonds. The average molecular weight is 341 g/mol. The van der Waals surface area contributed by atoms with Crippen molar-refractivity contribution in [1.82, 2.24) is 9.88 Å². The van der Waals surface area contributed by atoms with E-state index in [1.165, 1.54) is 31.5 Å². The number of aromatic amines is 1. The van der Waals surface area contributed by atoms with Gasteiger partial charge in [-0.25, -0.2) is 0 Å². The maximum absolute atomic E-state index is 10.0. The molecule has 1 saturated heterocycles. The molecule has 1 aromatic carbocycles. The Morgan fingerprint density at radius 3 is 2.65 bits per heavy atom. The molecule has 4 nitrogen and oxygen atoms in total. The fourth-order valence-corrected chi connectivity index (χ4v) is 3.39. The molecule has 20 heavy (non-hydrogen) atoms. The lowest BCUT2D eigenvalue weighted by Gasteiger charge is -2.14. The molecule has 5 heteroatoms. The van der Waals surface area contributed by atoms with Crippen LogP contribution in [-0.4, -0.2) is 46.8 Å². The topological polar surface area (TPSA) is 59.5 Å². The molecular weight excluding hydrogens is 320 g/mol. The van der Waals surface area contributed by atoms with Crippen LogP contribution in [0.5, 0.6) is 5.75 Å². The summed E-state index contributed by atoms with van der Waals surface area (Å²) in [5.41, 5.74) is 2.19. The molecule has 0 saturated carbocycles. The second-order valence-corrected chi connectivity index (χ2v) is 5.71. The summed E-state index contributed by atoms with van der Waals surface area (Å²) in [4.78, 5) is 5.77. The number of nitrogens with zero attached hydrogens (tertiary/aromatic N) is 1. The minimum Gasteiger partial charge on any atom is -0.507 e. The van der Waals surface area contributed by atoms with E-state index in [0.29, 0.717) is 5.75 Å². The van der Waals surface area contributed by atoms with Crippen molar-refractivity contribution in [3.63, 3.8) is 0 Å². The van der Waals surface area contributed by atoms with Crippen molar-refractivity contribution in [1.29, 1.82) is 0 Å². The summed E-state index contributed by atoms with van der Waals surface area (Å²) in [5.74, 6) is 0.367. The lowest BCUT2D eigenvalue weighted by Crippen LogP contribution is -2.21. The third kappa shape index (κ3) is 3.16. The van der Waals surface area contributed by atoms with E-state index in [1.807, 2.05) is 12.1 Å². The van der Waals surface area contributed by atoms with Crippen LogP contribution in [-0.2, 0) is 6.42 Å². The highest BCUT2D eigenvalue weighted by atomic mass is 79.9. The molecule has 2 heterocycles. The summed E-state index contributed by atoms with van der Waals surface area (Å²) >= 11 is 3.57. The number of phenolic OH excluding ortho intramolecular Hbond substituents is 1. The van der Waals surface area contributed by atoms with Gasteiger partial charge in [0.2, 0.25) is 0 Å². The lowest BCUT2D eigenvalue weighted by molar-refractivity contribution is 0.343. The number of aromatic hydroxyl groups is 1. The van der Waals surface area contributed by atoms with Crippen molar-refractivity contribution < 1.29 is 10.2 Å². The van der Waals surface area contributed by atoms with E-state index in [0.717, 1.165) is 35.6 Å². The molecular formula is C15H21BrN2O2. The van der Waals surface area contributed by atoms with Gasteiger partial charge in [0.1, 0.15) is 5.75 Å². The number of nitrogens with one attached hydrogen (secondary N) is 1. The molecule has 0 radical (unpaired) electrons. The second-order valence-electron chi connectivity index (χ2n) is 4.92. The van der Waals surface area contributed by atoms with Gasteiger partial charge in [0.05, 0.1) is 10.1 Å². The molecule has 1 aliphatic rings. The maximum Gasteiger partial charge on any atom is 0.125 e. The van der Waals surface area contributed by atoms with Crippen LogP contribution in [0.15, 0.2) is 22.8 Å². The first-order chi connectivity index (χ1) is 9.75. The van der Waals surface area contributed by atoms with Crippen molar-refractivity contribution in [2.24, 2.45) is 0 Å². The number of hydrogen-bond donors (Lipinski definition) is 3. The van der Waals surface area contributed by atoms with Crippen LogP contribution in [0, 0.1) is 0 Å².